The molecular formula is C27H33Cl2FN2O2. The molecule has 0 spiro atoms. The Bertz CT molecular complexity index is 900. The van der Waals surface area contributed by atoms with Gasteiger partial charge in [0.05, 0.1) is 19.3 Å². The van der Waals surface area contributed by atoms with Crippen molar-refractivity contribution in [3.8, 4) is 0 Å². The van der Waals surface area contributed by atoms with Gasteiger partial charge in [0.1, 0.15) is 5.82 Å². The molecule has 1 aliphatic rings. The lowest BCUT2D eigenvalue weighted by Crippen LogP contribution is -2.49. The highest BCUT2D eigenvalue weighted by Crippen LogP contribution is 2.25. The van der Waals surface area contributed by atoms with Gasteiger partial charge in [-0.15, -0.1) is 24.8 Å². The van der Waals surface area contributed by atoms with Crippen molar-refractivity contribution >= 4 is 30.5 Å². The Kier molecular flexibility index (Phi) is 11.8. The molecule has 0 bridgehead atoms. The summed E-state index contributed by atoms with van der Waals surface area (Å²) < 4.78 is 19.1. The minimum absolute atomic E-state index is 0. The molecule has 0 aliphatic carbocycles. The van der Waals surface area contributed by atoms with Gasteiger partial charge >= 0.3 is 0 Å². The molecule has 1 saturated heterocycles. The first-order valence-electron chi connectivity index (χ1n) is 11.3. The van der Waals surface area contributed by atoms with Crippen molar-refractivity contribution < 1.29 is 14.2 Å². The van der Waals surface area contributed by atoms with E-state index in [-0.39, 0.29) is 36.5 Å². The maximum atomic E-state index is 13.1. The Morgan fingerprint density at radius 1 is 0.735 bits per heavy atom. The highest BCUT2D eigenvalue weighted by molar-refractivity contribution is 5.85. The second-order valence-electron chi connectivity index (χ2n) is 8.33. The van der Waals surface area contributed by atoms with Crippen LogP contribution in [0.25, 0.3) is 0 Å². The van der Waals surface area contributed by atoms with Crippen LogP contribution in [0, 0.1) is 5.82 Å². The van der Waals surface area contributed by atoms with Crippen molar-refractivity contribution in [2.24, 2.45) is 0 Å². The van der Waals surface area contributed by atoms with Gasteiger partial charge in [-0.25, -0.2) is 4.39 Å². The molecule has 1 fully saturated rings. The average molecular weight is 507 g/mol. The van der Waals surface area contributed by atoms with Crippen molar-refractivity contribution in [2.75, 3.05) is 50.8 Å². The summed E-state index contributed by atoms with van der Waals surface area (Å²) >= 11 is 0. The summed E-state index contributed by atoms with van der Waals surface area (Å²) in [6.45, 7) is 4.90. The van der Waals surface area contributed by atoms with Crippen LogP contribution in [0.2, 0.25) is 0 Å². The highest BCUT2D eigenvalue weighted by Gasteiger charge is 2.20. The molecule has 1 aliphatic heterocycles. The van der Waals surface area contributed by atoms with E-state index in [1.165, 1.54) is 23.3 Å². The molecule has 0 radical (unpaired) electrons. The summed E-state index contributed by atoms with van der Waals surface area (Å²) in [5, 5.41) is 10.5. The van der Waals surface area contributed by atoms with Crippen molar-refractivity contribution in [3.05, 3.63) is 102 Å². The van der Waals surface area contributed by atoms with Crippen molar-refractivity contribution in [2.45, 2.75) is 12.0 Å². The average Bonchev–Trinajstić information content (AvgIpc) is 2.84. The molecule has 3 aromatic rings. The Hall–Kier alpha value is -2.15. The van der Waals surface area contributed by atoms with Crippen molar-refractivity contribution in [3.63, 3.8) is 0 Å². The maximum absolute atomic E-state index is 13.1. The Morgan fingerprint density at radius 3 is 1.79 bits per heavy atom. The van der Waals surface area contributed by atoms with Crippen LogP contribution in [0.4, 0.5) is 10.1 Å². The molecule has 4 rings (SSSR count). The highest BCUT2D eigenvalue weighted by atomic mass is 35.5. The number of halogens is 3. The van der Waals surface area contributed by atoms with Crippen LogP contribution in [-0.4, -0.2) is 62.0 Å². The zero-order valence-corrected chi connectivity index (χ0v) is 20.8. The van der Waals surface area contributed by atoms with E-state index >= 15 is 0 Å². The number of anilines is 1. The molecule has 1 N–H and O–H groups in total. The SMILES string of the molecule is Cl.Cl.OC(COCC(c1ccccc1)c1ccccc1)CN1CCN(c2ccc(F)cc2)CC1. The number of benzene rings is 3. The van der Waals surface area contributed by atoms with Gasteiger partial charge in [0, 0.05) is 44.3 Å². The van der Waals surface area contributed by atoms with E-state index in [9.17, 15) is 9.50 Å². The summed E-state index contributed by atoms with van der Waals surface area (Å²) in [6, 6.07) is 27.4. The van der Waals surface area contributed by atoms with Gasteiger partial charge < -0.3 is 14.7 Å². The lowest BCUT2D eigenvalue weighted by atomic mass is 9.92. The molecule has 34 heavy (non-hydrogen) atoms. The van der Waals surface area contributed by atoms with Crippen LogP contribution in [0.1, 0.15) is 17.0 Å². The number of aliphatic hydroxyl groups excluding tert-OH is 1. The number of aliphatic hydroxyl groups is 1. The summed E-state index contributed by atoms with van der Waals surface area (Å²) in [5.74, 6) is -0.0684. The van der Waals surface area contributed by atoms with Crippen LogP contribution in [-0.2, 0) is 4.74 Å². The lowest BCUT2D eigenvalue weighted by molar-refractivity contribution is 0.0136. The molecule has 3 aromatic carbocycles. The number of rotatable bonds is 9. The van der Waals surface area contributed by atoms with E-state index in [0.29, 0.717) is 19.8 Å². The Labute approximate surface area is 214 Å². The number of hydrogen-bond donors (Lipinski definition) is 1. The topological polar surface area (TPSA) is 35.9 Å². The quantitative estimate of drug-likeness (QED) is 0.442. The van der Waals surface area contributed by atoms with Gasteiger partial charge in [-0.05, 0) is 35.4 Å². The van der Waals surface area contributed by atoms with Gasteiger partial charge in [0.15, 0.2) is 0 Å². The normalized spacial score (nSPS) is 14.9. The zero-order valence-electron chi connectivity index (χ0n) is 19.1. The zero-order chi connectivity index (χ0) is 22.2. The number of ether oxygens (including phenoxy) is 1. The summed E-state index contributed by atoms with van der Waals surface area (Å²) in [5.41, 5.74) is 3.47. The minimum Gasteiger partial charge on any atom is -0.389 e. The molecule has 7 heteroatoms. The second kappa shape index (κ2) is 14.3. The van der Waals surface area contributed by atoms with E-state index in [2.05, 4.69) is 34.1 Å². The Morgan fingerprint density at radius 2 is 1.26 bits per heavy atom. The maximum Gasteiger partial charge on any atom is 0.123 e. The minimum atomic E-state index is -0.528. The van der Waals surface area contributed by atoms with E-state index in [1.54, 1.807) is 0 Å². The van der Waals surface area contributed by atoms with Gasteiger partial charge in [-0.3, -0.25) is 4.90 Å². The number of piperazine rings is 1. The molecule has 0 aromatic heterocycles. The Balaban J connectivity index is 0.00000204. The third kappa shape index (κ3) is 7.97. The fourth-order valence-corrected chi connectivity index (χ4v) is 4.27. The third-order valence-corrected chi connectivity index (χ3v) is 6.03. The van der Waals surface area contributed by atoms with Crippen LogP contribution in [0.15, 0.2) is 84.9 Å². The molecule has 184 valence electrons. The fourth-order valence-electron chi connectivity index (χ4n) is 4.27. The smallest absolute Gasteiger partial charge is 0.123 e. The number of β-amino-alcohol motifs (C(OH)–C–C–N with tert-alkyl or cyclic N) is 1. The summed E-state index contributed by atoms with van der Waals surface area (Å²) in [6.07, 6.45) is -0.528. The van der Waals surface area contributed by atoms with E-state index < -0.39 is 6.10 Å². The molecule has 1 unspecified atom stereocenters. The van der Waals surface area contributed by atoms with Gasteiger partial charge in [0.2, 0.25) is 0 Å². The van der Waals surface area contributed by atoms with Crippen LogP contribution in [0.3, 0.4) is 0 Å². The molecule has 4 nitrogen and oxygen atoms in total. The third-order valence-electron chi connectivity index (χ3n) is 6.03. The van der Waals surface area contributed by atoms with Crippen molar-refractivity contribution in [1.82, 2.24) is 4.90 Å². The predicted molar refractivity (Wildman–Crippen MR) is 141 cm³/mol. The first kappa shape index (κ1) is 28.1. The molecular weight excluding hydrogens is 474 g/mol. The molecule has 1 atom stereocenters. The van der Waals surface area contributed by atoms with Crippen molar-refractivity contribution in [1.29, 1.82) is 0 Å². The summed E-state index contributed by atoms with van der Waals surface area (Å²) in [4.78, 5) is 4.52. The molecule has 0 amide bonds. The van der Waals surface area contributed by atoms with E-state index in [4.69, 9.17) is 4.74 Å². The lowest BCUT2D eigenvalue weighted by Gasteiger charge is -2.36. The fraction of sp³-hybridized carbons (Fsp3) is 0.333. The monoisotopic (exact) mass is 506 g/mol. The predicted octanol–water partition coefficient (Wildman–Crippen LogP) is 5.00. The summed E-state index contributed by atoms with van der Waals surface area (Å²) in [7, 11) is 0. The van der Waals surface area contributed by atoms with Gasteiger partial charge in [-0.1, -0.05) is 60.7 Å². The molecule has 1 heterocycles. The van der Waals surface area contributed by atoms with Gasteiger partial charge in [-0.2, -0.15) is 0 Å². The number of hydrogen-bond acceptors (Lipinski definition) is 4. The molecule has 0 saturated carbocycles. The van der Waals surface area contributed by atoms with Crippen LogP contribution < -0.4 is 4.90 Å². The second-order valence-corrected chi connectivity index (χ2v) is 8.33. The first-order valence-corrected chi connectivity index (χ1v) is 11.3. The first-order chi connectivity index (χ1) is 15.7. The van der Waals surface area contributed by atoms with Crippen LogP contribution in [0.5, 0.6) is 0 Å². The van der Waals surface area contributed by atoms with E-state index in [1.807, 2.05) is 48.5 Å². The van der Waals surface area contributed by atoms with Crippen LogP contribution >= 0.6 is 24.8 Å². The van der Waals surface area contributed by atoms with E-state index in [0.717, 1.165) is 31.9 Å². The van der Waals surface area contributed by atoms with Gasteiger partial charge in [0.25, 0.3) is 0 Å². The largest absolute Gasteiger partial charge is 0.389 e. The standard InChI is InChI=1S/C27H31FN2O2.2ClH/c28-24-11-13-25(14-12-24)30-17-15-29(16-18-30)19-26(31)20-32-21-27(22-7-3-1-4-8-22)23-9-5-2-6-10-23;;/h1-14,26-27,31H,15-21H2;2*1H. The number of nitrogens with zero attached hydrogens (tertiary/aromatic N) is 2.